The Morgan fingerprint density at radius 3 is 1.82 bits per heavy atom. The first-order valence-electron chi connectivity index (χ1n) is 4.98. The molecule has 0 aliphatic carbocycles. The average Bonchev–Trinajstić information content (AvgIpc) is 2.63. The smallest absolute Gasteiger partial charge is 0.219 e. The lowest BCUT2D eigenvalue weighted by Crippen LogP contribution is -2.47. The lowest BCUT2D eigenvalue weighted by molar-refractivity contribution is -0.120. The minimum Gasteiger partial charge on any atom is -0.370 e. The number of anilines is 2. The fourth-order valence-electron chi connectivity index (χ4n) is 1.75. The van der Waals surface area contributed by atoms with Gasteiger partial charge in [-0.3, -0.25) is 9.59 Å². The Bertz CT molecular complexity index is 406. The molecule has 0 aromatic carbocycles. The van der Waals surface area contributed by atoms with Gasteiger partial charge in [-0.15, -0.1) is 0 Å². The molecule has 1 aliphatic heterocycles. The predicted molar refractivity (Wildman–Crippen MR) is 56.7 cm³/mol. The number of amides is 2. The summed E-state index contributed by atoms with van der Waals surface area (Å²) < 4.78 is 4.52. The molecule has 0 radical (unpaired) electrons. The van der Waals surface area contributed by atoms with Gasteiger partial charge in [0.1, 0.15) is 0 Å². The minimum atomic E-state index is -0.487. The number of carbonyl (C=O) groups is 2. The summed E-state index contributed by atoms with van der Waals surface area (Å²) in [6.07, 6.45) is 0.106. The molecule has 92 valence electrons. The Morgan fingerprint density at radius 1 is 1.06 bits per heavy atom. The summed E-state index contributed by atoms with van der Waals surface area (Å²) in [6, 6.07) is -0.751. The second-order valence-corrected chi connectivity index (χ2v) is 3.80. The van der Waals surface area contributed by atoms with Crippen molar-refractivity contribution in [2.75, 3.05) is 10.6 Å². The molecule has 17 heavy (non-hydrogen) atoms. The van der Waals surface area contributed by atoms with Gasteiger partial charge in [0.2, 0.25) is 23.5 Å². The van der Waals surface area contributed by atoms with Crippen molar-refractivity contribution in [3.05, 3.63) is 0 Å². The second-order valence-electron chi connectivity index (χ2n) is 3.80. The number of carbonyl (C=O) groups excluding carboxylic acids is 2. The van der Waals surface area contributed by atoms with Crippen LogP contribution in [0.25, 0.3) is 0 Å². The zero-order valence-corrected chi connectivity index (χ0v) is 8.84. The normalized spacial score (nSPS) is 22.1. The Hall–Kier alpha value is -2.32. The number of hydrogen-bond acceptors (Lipinski definition) is 7. The Kier molecular flexibility index (Phi) is 2.81. The molecule has 2 unspecified atom stereocenters. The molecular weight excluding hydrogens is 228 g/mol. The third-order valence-electron chi connectivity index (χ3n) is 2.46. The molecule has 0 spiro atoms. The van der Waals surface area contributed by atoms with E-state index in [1.54, 1.807) is 0 Å². The van der Waals surface area contributed by atoms with E-state index in [2.05, 4.69) is 25.6 Å². The van der Waals surface area contributed by atoms with Gasteiger partial charge in [-0.25, -0.2) is 4.63 Å². The van der Waals surface area contributed by atoms with E-state index in [0.29, 0.717) is 11.6 Å². The Labute approximate surface area is 95.9 Å². The van der Waals surface area contributed by atoms with Crippen LogP contribution in [0.4, 0.5) is 11.6 Å². The first-order valence-corrected chi connectivity index (χ1v) is 4.98. The quantitative estimate of drug-likeness (QED) is 0.494. The molecule has 0 fully saturated rings. The third-order valence-corrected chi connectivity index (χ3v) is 2.46. The molecular formula is C8H12N6O3. The summed E-state index contributed by atoms with van der Waals surface area (Å²) in [5.41, 5.74) is 10.3. The maximum Gasteiger partial charge on any atom is 0.219 e. The number of fused-ring (bicyclic) bond motifs is 1. The zero-order chi connectivity index (χ0) is 12.4. The third kappa shape index (κ3) is 2.44. The van der Waals surface area contributed by atoms with Crippen molar-refractivity contribution in [1.29, 1.82) is 0 Å². The van der Waals surface area contributed by atoms with E-state index in [1.165, 1.54) is 0 Å². The van der Waals surface area contributed by atoms with Crippen molar-refractivity contribution in [1.82, 2.24) is 10.3 Å². The van der Waals surface area contributed by atoms with E-state index in [-0.39, 0.29) is 24.9 Å². The number of primary amides is 2. The van der Waals surface area contributed by atoms with Crippen LogP contribution in [0.2, 0.25) is 0 Å². The van der Waals surface area contributed by atoms with E-state index in [1.807, 2.05) is 0 Å². The SMILES string of the molecule is NC(=O)CC1Nc2nonc2NC1CC(N)=O. The van der Waals surface area contributed by atoms with Crippen molar-refractivity contribution in [3.63, 3.8) is 0 Å². The number of aromatic nitrogens is 2. The van der Waals surface area contributed by atoms with Gasteiger partial charge in [0.15, 0.2) is 0 Å². The van der Waals surface area contributed by atoms with Crippen LogP contribution < -0.4 is 22.1 Å². The lowest BCUT2D eigenvalue weighted by atomic mass is 9.99. The van der Waals surface area contributed by atoms with Crippen LogP contribution in [-0.4, -0.2) is 34.2 Å². The van der Waals surface area contributed by atoms with Crippen molar-refractivity contribution >= 4 is 23.5 Å². The number of nitrogens with two attached hydrogens (primary N) is 2. The van der Waals surface area contributed by atoms with Gasteiger partial charge < -0.3 is 22.1 Å². The molecule has 1 aromatic heterocycles. The Morgan fingerprint density at radius 2 is 1.47 bits per heavy atom. The minimum absolute atomic E-state index is 0.0528. The number of nitrogens with zero attached hydrogens (tertiary/aromatic N) is 2. The van der Waals surface area contributed by atoms with E-state index < -0.39 is 11.8 Å². The largest absolute Gasteiger partial charge is 0.370 e. The van der Waals surface area contributed by atoms with Crippen molar-refractivity contribution in [2.24, 2.45) is 11.5 Å². The van der Waals surface area contributed by atoms with Crippen molar-refractivity contribution in [3.8, 4) is 0 Å². The summed E-state index contributed by atoms with van der Waals surface area (Å²) in [4.78, 5) is 21.9. The second kappa shape index (κ2) is 4.28. The van der Waals surface area contributed by atoms with E-state index in [0.717, 1.165) is 0 Å². The summed E-state index contributed by atoms with van der Waals surface area (Å²) in [7, 11) is 0. The molecule has 1 aromatic rings. The molecule has 9 heteroatoms. The predicted octanol–water partition coefficient (Wildman–Crippen LogP) is -1.60. The number of rotatable bonds is 4. The van der Waals surface area contributed by atoms with Crippen LogP contribution in [-0.2, 0) is 9.59 Å². The lowest BCUT2D eigenvalue weighted by Gasteiger charge is -2.31. The van der Waals surface area contributed by atoms with Gasteiger partial charge in [0.25, 0.3) is 0 Å². The first kappa shape index (κ1) is 11.2. The molecule has 2 heterocycles. The van der Waals surface area contributed by atoms with Gasteiger partial charge >= 0.3 is 0 Å². The van der Waals surface area contributed by atoms with Gasteiger partial charge in [0.05, 0.1) is 12.1 Å². The number of hydrogen-bond donors (Lipinski definition) is 4. The maximum atomic E-state index is 10.9. The van der Waals surface area contributed by atoms with E-state index in [4.69, 9.17) is 11.5 Å². The Balaban J connectivity index is 2.16. The highest BCUT2D eigenvalue weighted by atomic mass is 16.6. The van der Waals surface area contributed by atoms with Crippen LogP contribution in [0.5, 0.6) is 0 Å². The summed E-state index contributed by atoms with van der Waals surface area (Å²) in [5, 5.41) is 13.1. The van der Waals surface area contributed by atoms with Gasteiger partial charge in [-0.2, -0.15) is 0 Å². The fraction of sp³-hybridized carbons (Fsp3) is 0.500. The summed E-state index contributed by atoms with van der Waals surface area (Å²) >= 11 is 0. The van der Waals surface area contributed by atoms with E-state index in [9.17, 15) is 9.59 Å². The molecule has 0 saturated carbocycles. The summed E-state index contributed by atoms with van der Waals surface area (Å²) in [6.45, 7) is 0. The topological polar surface area (TPSA) is 149 Å². The van der Waals surface area contributed by atoms with Gasteiger partial charge in [-0.05, 0) is 10.3 Å². The fourth-order valence-corrected chi connectivity index (χ4v) is 1.75. The molecule has 9 nitrogen and oxygen atoms in total. The first-order chi connectivity index (χ1) is 8.06. The van der Waals surface area contributed by atoms with Crippen LogP contribution >= 0.6 is 0 Å². The molecule has 1 aliphatic rings. The van der Waals surface area contributed by atoms with Gasteiger partial charge in [-0.1, -0.05) is 0 Å². The number of nitrogens with one attached hydrogen (secondary N) is 2. The molecule has 6 N–H and O–H groups in total. The maximum absolute atomic E-state index is 10.9. The molecule has 2 rings (SSSR count). The van der Waals surface area contributed by atoms with Crippen molar-refractivity contribution < 1.29 is 14.2 Å². The van der Waals surface area contributed by atoms with Crippen LogP contribution in [0.1, 0.15) is 12.8 Å². The average molecular weight is 240 g/mol. The summed E-state index contributed by atoms with van der Waals surface area (Å²) in [5.74, 6) is -0.203. The molecule has 0 bridgehead atoms. The monoisotopic (exact) mass is 240 g/mol. The highest BCUT2D eigenvalue weighted by Crippen LogP contribution is 2.26. The highest BCUT2D eigenvalue weighted by molar-refractivity contribution is 5.79. The molecule has 0 saturated heterocycles. The zero-order valence-electron chi connectivity index (χ0n) is 8.84. The van der Waals surface area contributed by atoms with Crippen LogP contribution in [0.15, 0.2) is 4.63 Å². The van der Waals surface area contributed by atoms with Crippen molar-refractivity contribution in [2.45, 2.75) is 24.9 Å². The van der Waals surface area contributed by atoms with Crippen LogP contribution in [0, 0.1) is 0 Å². The standard InChI is InChI=1S/C8H12N6O3/c9-5(15)1-3-4(2-6(10)16)12-8-7(11-3)13-17-14-8/h3-4H,1-2H2,(H2,9,15)(H2,10,16)(H,11,13)(H,12,14). The highest BCUT2D eigenvalue weighted by Gasteiger charge is 2.32. The molecule has 2 atom stereocenters. The van der Waals surface area contributed by atoms with Crippen LogP contribution in [0.3, 0.4) is 0 Å². The van der Waals surface area contributed by atoms with Gasteiger partial charge in [0, 0.05) is 12.8 Å². The van der Waals surface area contributed by atoms with E-state index >= 15 is 0 Å². The molecule has 2 amide bonds.